The Hall–Kier alpha value is -2.74. The minimum Gasteiger partial charge on any atom is -0.494 e. The number of benzene rings is 2. The molecule has 0 radical (unpaired) electrons. The standard InChI is InChI=1S/C16H16FN3O3S/c1-2-23-13-7-8-14(15(9-13)20(21)22)19-16(24)18-10-11-3-5-12(17)6-4-11/h3-9H,2,10H2,1H3,(H2,18,19,24). The summed E-state index contributed by atoms with van der Waals surface area (Å²) < 4.78 is 18.1. The monoisotopic (exact) mass is 349 g/mol. The van der Waals surface area contributed by atoms with Gasteiger partial charge in [-0.05, 0) is 49.0 Å². The van der Waals surface area contributed by atoms with E-state index in [4.69, 9.17) is 17.0 Å². The van der Waals surface area contributed by atoms with Crippen molar-refractivity contribution in [3.05, 3.63) is 64.0 Å². The van der Waals surface area contributed by atoms with Crippen LogP contribution < -0.4 is 15.4 Å². The van der Waals surface area contributed by atoms with Gasteiger partial charge in [0.15, 0.2) is 5.11 Å². The average molecular weight is 349 g/mol. The van der Waals surface area contributed by atoms with Crippen LogP contribution >= 0.6 is 12.2 Å². The second-order valence-electron chi connectivity index (χ2n) is 4.80. The van der Waals surface area contributed by atoms with Crippen LogP contribution in [0.1, 0.15) is 12.5 Å². The van der Waals surface area contributed by atoms with Gasteiger partial charge in [-0.15, -0.1) is 0 Å². The van der Waals surface area contributed by atoms with Crippen molar-refractivity contribution in [1.29, 1.82) is 0 Å². The molecular weight excluding hydrogens is 333 g/mol. The van der Waals surface area contributed by atoms with Crippen LogP contribution in [0.4, 0.5) is 15.8 Å². The molecule has 0 bridgehead atoms. The van der Waals surface area contributed by atoms with E-state index in [1.807, 2.05) is 0 Å². The van der Waals surface area contributed by atoms with Gasteiger partial charge in [0.1, 0.15) is 17.3 Å². The summed E-state index contributed by atoms with van der Waals surface area (Å²) in [4.78, 5) is 10.7. The van der Waals surface area contributed by atoms with E-state index in [0.29, 0.717) is 18.9 Å². The first-order valence-electron chi connectivity index (χ1n) is 7.20. The molecule has 0 aliphatic heterocycles. The molecule has 0 atom stereocenters. The summed E-state index contributed by atoms with van der Waals surface area (Å²) in [5.74, 6) is 0.101. The lowest BCUT2D eigenvalue weighted by Crippen LogP contribution is -2.28. The van der Waals surface area contributed by atoms with Crippen LogP contribution in [0.2, 0.25) is 0 Å². The van der Waals surface area contributed by atoms with E-state index < -0.39 is 4.92 Å². The largest absolute Gasteiger partial charge is 0.494 e. The molecule has 24 heavy (non-hydrogen) atoms. The lowest BCUT2D eigenvalue weighted by molar-refractivity contribution is -0.384. The fraction of sp³-hybridized carbons (Fsp3) is 0.188. The molecule has 126 valence electrons. The number of thiocarbonyl (C=S) groups is 1. The van der Waals surface area contributed by atoms with Crippen molar-refractivity contribution >= 4 is 28.7 Å². The van der Waals surface area contributed by atoms with Crippen molar-refractivity contribution in [3.63, 3.8) is 0 Å². The van der Waals surface area contributed by atoms with E-state index in [1.165, 1.54) is 24.3 Å². The van der Waals surface area contributed by atoms with Crippen molar-refractivity contribution in [2.24, 2.45) is 0 Å². The third-order valence-electron chi connectivity index (χ3n) is 3.09. The number of anilines is 1. The Morgan fingerprint density at radius 2 is 2.00 bits per heavy atom. The number of nitro groups is 1. The summed E-state index contributed by atoms with van der Waals surface area (Å²) >= 11 is 5.14. The molecule has 0 fully saturated rings. The van der Waals surface area contributed by atoms with Gasteiger partial charge in [-0.2, -0.15) is 0 Å². The Bertz CT molecular complexity index is 738. The van der Waals surface area contributed by atoms with Gasteiger partial charge >= 0.3 is 0 Å². The highest BCUT2D eigenvalue weighted by Crippen LogP contribution is 2.29. The SMILES string of the molecule is CCOc1ccc(NC(=S)NCc2ccc(F)cc2)c([N+](=O)[O-])c1. The van der Waals surface area contributed by atoms with Crippen molar-refractivity contribution < 1.29 is 14.1 Å². The molecule has 6 nitrogen and oxygen atoms in total. The molecule has 0 spiro atoms. The van der Waals surface area contributed by atoms with Crippen LogP contribution in [0.3, 0.4) is 0 Å². The van der Waals surface area contributed by atoms with Crippen LogP contribution in [-0.2, 0) is 6.54 Å². The lowest BCUT2D eigenvalue weighted by atomic mass is 10.2. The van der Waals surface area contributed by atoms with Crippen LogP contribution in [0.25, 0.3) is 0 Å². The molecule has 8 heteroatoms. The molecule has 0 amide bonds. The topological polar surface area (TPSA) is 76.4 Å². The molecule has 0 saturated heterocycles. The van der Waals surface area contributed by atoms with Gasteiger partial charge in [-0.25, -0.2) is 4.39 Å². The fourth-order valence-electron chi connectivity index (χ4n) is 1.98. The summed E-state index contributed by atoms with van der Waals surface area (Å²) in [6.07, 6.45) is 0. The molecule has 2 aromatic carbocycles. The zero-order chi connectivity index (χ0) is 17.5. The maximum absolute atomic E-state index is 12.8. The Morgan fingerprint density at radius 1 is 1.29 bits per heavy atom. The zero-order valence-electron chi connectivity index (χ0n) is 12.9. The number of ether oxygens (including phenoxy) is 1. The smallest absolute Gasteiger partial charge is 0.296 e. The summed E-state index contributed by atoms with van der Waals surface area (Å²) in [6, 6.07) is 10.5. The normalized spacial score (nSPS) is 10.1. The predicted molar refractivity (Wildman–Crippen MR) is 93.7 cm³/mol. The molecule has 2 aromatic rings. The number of nitro benzene ring substituents is 1. The van der Waals surface area contributed by atoms with Crippen LogP contribution in [0.15, 0.2) is 42.5 Å². The van der Waals surface area contributed by atoms with Crippen molar-refractivity contribution in [2.75, 3.05) is 11.9 Å². The summed E-state index contributed by atoms with van der Waals surface area (Å²) in [7, 11) is 0. The predicted octanol–water partition coefficient (Wildman–Crippen LogP) is 3.62. The Kier molecular flexibility index (Phi) is 6.02. The molecule has 0 unspecified atom stereocenters. The third-order valence-corrected chi connectivity index (χ3v) is 3.34. The zero-order valence-corrected chi connectivity index (χ0v) is 13.7. The van der Waals surface area contributed by atoms with E-state index in [1.54, 1.807) is 25.1 Å². The third kappa shape index (κ3) is 4.88. The molecule has 0 aromatic heterocycles. The number of rotatable bonds is 6. The molecular formula is C16H16FN3O3S. The lowest BCUT2D eigenvalue weighted by Gasteiger charge is -2.12. The van der Waals surface area contributed by atoms with Crippen molar-refractivity contribution in [1.82, 2.24) is 5.32 Å². The Morgan fingerprint density at radius 3 is 2.62 bits per heavy atom. The highest BCUT2D eigenvalue weighted by Gasteiger charge is 2.16. The minimum atomic E-state index is -0.507. The van der Waals surface area contributed by atoms with Crippen molar-refractivity contribution in [3.8, 4) is 5.75 Å². The first-order valence-corrected chi connectivity index (χ1v) is 7.61. The first-order chi connectivity index (χ1) is 11.5. The highest BCUT2D eigenvalue weighted by molar-refractivity contribution is 7.80. The van der Waals surface area contributed by atoms with Crippen LogP contribution in [0, 0.1) is 15.9 Å². The van der Waals surface area contributed by atoms with E-state index in [9.17, 15) is 14.5 Å². The summed E-state index contributed by atoms with van der Waals surface area (Å²) in [5.41, 5.74) is 0.966. The molecule has 0 heterocycles. The maximum Gasteiger partial charge on any atom is 0.296 e. The van der Waals surface area contributed by atoms with E-state index >= 15 is 0 Å². The molecule has 2 N–H and O–H groups in total. The van der Waals surface area contributed by atoms with Crippen LogP contribution in [-0.4, -0.2) is 16.6 Å². The van der Waals surface area contributed by atoms with E-state index in [0.717, 1.165) is 5.56 Å². The van der Waals surface area contributed by atoms with Crippen LogP contribution in [0.5, 0.6) is 5.75 Å². The number of nitrogens with zero attached hydrogens (tertiary/aromatic N) is 1. The minimum absolute atomic E-state index is 0.133. The summed E-state index contributed by atoms with van der Waals surface area (Å²) in [6.45, 7) is 2.59. The quantitative estimate of drug-likeness (QED) is 0.471. The van der Waals surface area contributed by atoms with E-state index in [-0.39, 0.29) is 22.3 Å². The Balaban J connectivity index is 2.02. The average Bonchev–Trinajstić information content (AvgIpc) is 2.56. The summed E-state index contributed by atoms with van der Waals surface area (Å²) in [5, 5.41) is 17.1. The Labute approximate surface area is 143 Å². The molecule has 0 aliphatic carbocycles. The fourth-order valence-corrected chi connectivity index (χ4v) is 2.16. The maximum atomic E-state index is 12.8. The molecule has 0 saturated carbocycles. The number of nitrogens with one attached hydrogen (secondary N) is 2. The number of hydrogen-bond acceptors (Lipinski definition) is 4. The highest BCUT2D eigenvalue weighted by atomic mass is 32.1. The molecule has 0 aliphatic rings. The van der Waals surface area contributed by atoms with Gasteiger partial charge in [-0.1, -0.05) is 12.1 Å². The van der Waals surface area contributed by atoms with Gasteiger partial charge in [-0.3, -0.25) is 10.1 Å². The number of halogens is 1. The molecule has 2 rings (SSSR count). The second kappa shape index (κ2) is 8.21. The van der Waals surface area contributed by atoms with Gasteiger partial charge in [0.2, 0.25) is 0 Å². The second-order valence-corrected chi connectivity index (χ2v) is 5.21. The van der Waals surface area contributed by atoms with E-state index in [2.05, 4.69) is 10.6 Å². The first kappa shape index (κ1) is 17.6. The van der Waals surface area contributed by atoms with Gasteiger partial charge in [0, 0.05) is 6.54 Å². The van der Waals surface area contributed by atoms with Gasteiger partial charge in [0.25, 0.3) is 5.69 Å². The van der Waals surface area contributed by atoms with Gasteiger partial charge in [0.05, 0.1) is 17.6 Å². The number of hydrogen-bond donors (Lipinski definition) is 2. The van der Waals surface area contributed by atoms with Gasteiger partial charge < -0.3 is 15.4 Å². The van der Waals surface area contributed by atoms with Crippen molar-refractivity contribution in [2.45, 2.75) is 13.5 Å².